The Hall–Kier alpha value is -1.65. The summed E-state index contributed by atoms with van der Waals surface area (Å²) in [5.41, 5.74) is 0.560. The number of aromatic nitrogens is 3. The molecule has 2 aromatic rings. The molecule has 0 spiro atoms. The van der Waals surface area contributed by atoms with E-state index < -0.39 is 5.41 Å². The lowest BCUT2D eigenvalue weighted by Gasteiger charge is -2.18. The quantitative estimate of drug-likeness (QED) is 0.795. The molecule has 0 fully saturated rings. The zero-order chi connectivity index (χ0) is 15.6. The van der Waals surface area contributed by atoms with Crippen molar-refractivity contribution < 1.29 is 4.79 Å². The second kappa shape index (κ2) is 6.00. The summed E-state index contributed by atoms with van der Waals surface area (Å²) in [5, 5.41) is 8.67. The number of halogens is 2. The van der Waals surface area contributed by atoms with Crippen molar-refractivity contribution in [3.63, 3.8) is 0 Å². The average Bonchev–Trinajstić information content (AvgIpc) is 2.90. The smallest absolute Gasteiger partial charge is 0.186 e. The molecular formula is C15H15Cl2N3O. The van der Waals surface area contributed by atoms with Gasteiger partial charge < -0.3 is 0 Å². The van der Waals surface area contributed by atoms with Crippen LogP contribution in [0.4, 0.5) is 0 Å². The molecule has 0 saturated heterocycles. The van der Waals surface area contributed by atoms with Crippen LogP contribution in [0.25, 0.3) is 11.8 Å². The Bertz CT molecular complexity index is 685. The summed E-state index contributed by atoms with van der Waals surface area (Å²) in [7, 11) is 0. The Balaban J connectivity index is 2.55. The van der Waals surface area contributed by atoms with Gasteiger partial charge in [0.15, 0.2) is 5.78 Å². The topological polar surface area (TPSA) is 47.8 Å². The van der Waals surface area contributed by atoms with Crippen LogP contribution in [-0.2, 0) is 4.79 Å². The van der Waals surface area contributed by atoms with Gasteiger partial charge in [-0.1, -0.05) is 55.3 Å². The molecule has 6 heteroatoms. The molecule has 0 amide bonds. The molecule has 1 aromatic carbocycles. The van der Waals surface area contributed by atoms with Crippen molar-refractivity contribution in [2.75, 3.05) is 0 Å². The SMILES string of the molecule is CC(C)(C)C(=O)C(=Cc1ccc(Cl)cc1Cl)n1ccnn1. The standard InChI is InChI=1S/C15H15Cl2N3O/c1-15(2,3)14(21)13(20-7-6-18-19-20)8-10-4-5-11(16)9-12(10)17/h4-9H,1-3H3. The molecule has 1 heterocycles. The van der Waals surface area contributed by atoms with Gasteiger partial charge in [0.05, 0.1) is 12.4 Å². The summed E-state index contributed by atoms with van der Waals surface area (Å²) >= 11 is 12.1. The number of benzene rings is 1. The van der Waals surface area contributed by atoms with Crippen LogP contribution >= 0.6 is 23.2 Å². The number of allylic oxidation sites excluding steroid dienone is 1. The van der Waals surface area contributed by atoms with Crippen molar-refractivity contribution in [2.24, 2.45) is 5.41 Å². The van der Waals surface area contributed by atoms with Gasteiger partial charge in [-0.15, -0.1) is 5.10 Å². The lowest BCUT2D eigenvalue weighted by atomic mass is 9.88. The van der Waals surface area contributed by atoms with E-state index in [2.05, 4.69) is 10.3 Å². The highest BCUT2D eigenvalue weighted by molar-refractivity contribution is 6.36. The minimum absolute atomic E-state index is 0.0565. The highest BCUT2D eigenvalue weighted by Crippen LogP contribution is 2.27. The van der Waals surface area contributed by atoms with Gasteiger partial charge in [-0.05, 0) is 23.8 Å². The number of nitrogens with zero attached hydrogens (tertiary/aromatic N) is 3. The Morgan fingerprint density at radius 3 is 2.52 bits per heavy atom. The lowest BCUT2D eigenvalue weighted by molar-refractivity contribution is -0.120. The van der Waals surface area contributed by atoms with Gasteiger partial charge in [-0.3, -0.25) is 4.79 Å². The fraction of sp³-hybridized carbons (Fsp3) is 0.267. The van der Waals surface area contributed by atoms with Crippen LogP contribution < -0.4 is 0 Å². The largest absolute Gasteiger partial charge is 0.292 e. The second-order valence-corrected chi connectivity index (χ2v) is 6.47. The predicted molar refractivity (Wildman–Crippen MR) is 85.1 cm³/mol. The molecule has 0 radical (unpaired) electrons. The molecule has 0 atom stereocenters. The Morgan fingerprint density at radius 1 is 1.29 bits per heavy atom. The number of rotatable bonds is 3. The van der Waals surface area contributed by atoms with E-state index in [-0.39, 0.29) is 5.78 Å². The van der Waals surface area contributed by atoms with Crippen LogP contribution in [0.5, 0.6) is 0 Å². The average molecular weight is 324 g/mol. The van der Waals surface area contributed by atoms with E-state index >= 15 is 0 Å². The van der Waals surface area contributed by atoms with E-state index in [0.717, 1.165) is 0 Å². The third kappa shape index (κ3) is 3.71. The number of Topliss-reactive ketones (excluding diaryl/α,β-unsaturated/α-hetero) is 1. The summed E-state index contributed by atoms with van der Waals surface area (Å²) in [6, 6.07) is 5.12. The van der Waals surface area contributed by atoms with Gasteiger partial charge in [0, 0.05) is 15.5 Å². The van der Waals surface area contributed by atoms with Crippen molar-refractivity contribution in [3.05, 3.63) is 46.2 Å². The maximum absolute atomic E-state index is 12.6. The minimum atomic E-state index is -0.545. The molecule has 21 heavy (non-hydrogen) atoms. The highest BCUT2D eigenvalue weighted by Gasteiger charge is 2.26. The van der Waals surface area contributed by atoms with Gasteiger partial charge in [0.25, 0.3) is 0 Å². The van der Waals surface area contributed by atoms with E-state index in [0.29, 0.717) is 21.3 Å². The molecule has 0 saturated carbocycles. The molecular weight excluding hydrogens is 309 g/mol. The second-order valence-electron chi connectivity index (χ2n) is 5.62. The van der Waals surface area contributed by atoms with Crippen LogP contribution in [0.15, 0.2) is 30.6 Å². The van der Waals surface area contributed by atoms with E-state index in [1.807, 2.05) is 20.8 Å². The monoisotopic (exact) mass is 323 g/mol. The molecule has 0 unspecified atom stereocenters. The van der Waals surface area contributed by atoms with Crippen LogP contribution in [0.2, 0.25) is 10.0 Å². The van der Waals surface area contributed by atoms with Gasteiger partial charge >= 0.3 is 0 Å². The number of ketones is 1. The highest BCUT2D eigenvalue weighted by atomic mass is 35.5. The number of hydrogen-bond acceptors (Lipinski definition) is 3. The first kappa shape index (κ1) is 15.7. The summed E-state index contributed by atoms with van der Waals surface area (Å²) in [5.74, 6) is -0.0565. The Kier molecular flexibility index (Phi) is 4.49. The van der Waals surface area contributed by atoms with E-state index in [4.69, 9.17) is 23.2 Å². The number of carbonyl (C=O) groups excluding carboxylic acids is 1. The molecule has 2 rings (SSSR count). The fourth-order valence-electron chi connectivity index (χ4n) is 1.72. The molecule has 0 aliphatic heterocycles. The fourth-order valence-corrected chi connectivity index (χ4v) is 2.19. The summed E-state index contributed by atoms with van der Waals surface area (Å²) in [6.07, 6.45) is 4.84. The van der Waals surface area contributed by atoms with Crippen molar-refractivity contribution in [1.82, 2.24) is 15.0 Å². The molecule has 0 aliphatic rings. The molecule has 0 bridgehead atoms. The first-order chi connectivity index (χ1) is 9.79. The maximum atomic E-state index is 12.6. The molecule has 0 aliphatic carbocycles. The van der Waals surface area contributed by atoms with Crippen molar-refractivity contribution in [2.45, 2.75) is 20.8 Å². The summed E-state index contributed by atoms with van der Waals surface area (Å²) in [6.45, 7) is 5.55. The Labute approximate surface area is 133 Å². The first-order valence-electron chi connectivity index (χ1n) is 6.37. The van der Waals surface area contributed by atoms with Crippen LogP contribution in [0.1, 0.15) is 26.3 Å². The lowest BCUT2D eigenvalue weighted by Crippen LogP contribution is -2.24. The maximum Gasteiger partial charge on any atom is 0.186 e. The van der Waals surface area contributed by atoms with Crippen LogP contribution in [0, 0.1) is 5.41 Å². The van der Waals surface area contributed by atoms with Gasteiger partial charge in [0.2, 0.25) is 0 Å². The van der Waals surface area contributed by atoms with Crippen LogP contribution in [-0.4, -0.2) is 20.8 Å². The normalized spacial score (nSPS) is 12.5. The molecule has 1 aromatic heterocycles. The predicted octanol–water partition coefficient (Wildman–Crippen LogP) is 4.20. The molecule has 4 nitrogen and oxygen atoms in total. The van der Waals surface area contributed by atoms with Crippen molar-refractivity contribution in [3.8, 4) is 0 Å². The number of hydrogen-bond donors (Lipinski definition) is 0. The van der Waals surface area contributed by atoms with E-state index in [1.165, 1.54) is 10.9 Å². The Morgan fingerprint density at radius 2 is 2.00 bits per heavy atom. The van der Waals surface area contributed by atoms with E-state index in [1.54, 1.807) is 30.5 Å². The molecule has 0 N–H and O–H groups in total. The van der Waals surface area contributed by atoms with Gasteiger partial charge in [0.1, 0.15) is 5.70 Å². The first-order valence-corrected chi connectivity index (χ1v) is 7.13. The minimum Gasteiger partial charge on any atom is -0.292 e. The van der Waals surface area contributed by atoms with Crippen molar-refractivity contribution in [1.29, 1.82) is 0 Å². The zero-order valence-corrected chi connectivity index (χ0v) is 13.5. The third-order valence-electron chi connectivity index (χ3n) is 2.84. The number of carbonyl (C=O) groups is 1. The van der Waals surface area contributed by atoms with Crippen molar-refractivity contribution >= 4 is 40.8 Å². The van der Waals surface area contributed by atoms with E-state index in [9.17, 15) is 4.79 Å². The van der Waals surface area contributed by atoms with Gasteiger partial charge in [-0.2, -0.15) is 0 Å². The third-order valence-corrected chi connectivity index (χ3v) is 3.40. The summed E-state index contributed by atoms with van der Waals surface area (Å²) < 4.78 is 1.44. The van der Waals surface area contributed by atoms with Gasteiger partial charge in [-0.25, -0.2) is 4.68 Å². The summed E-state index contributed by atoms with van der Waals surface area (Å²) in [4.78, 5) is 12.6. The zero-order valence-electron chi connectivity index (χ0n) is 12.0. The molecule has 110 valence electrons. The van der Waals surface area contributed by atoms with Crippen LogP contribution in [0.3, 0.4) is 0 Å².